The van der Waals surface area contributed by atoms with E-state index in [4.69, 9.17) is 0 Å². The molecular formula is C6H10Br3NO. The Morgan fingerprint density at radius 3 is 2.09 bits per heavy atom. The van der Waals surface area contributed by atoms with E-state index in [9.17, 15) is 4.79 Å². The third-order valence-electron chi connectivity index (χ3n) is 1.12. The van der Waals surface area contributed by atoms with Gasteiger partial charge < -0.3 is 4.90 Å². The zero-order valence-corrected chi connectivity index (χ0v) is 11.2. The molecule has 5 heteroatoms. The van der Waals surface area contributed by atoms with Gasteiger partial charge in [0, 0.05) is 20.5 Å². The summed E-state index contributed by atoms with van der Waals surface area (Å²) in [7, 11) is 3.50. The van der Waals surface area contributed by atoms with Crippen LogP contribution in [0.4, 0.5) is 0 Å². The van der Waals surface area contributed by atoms with Crippen LogP contribution in [0.15, 0.2) is 0 Å². The van der Waals surface area contributed by atoms with E-state index in [1.807, 2.05) is 0 Å². The molecule has 0 saturated carbocycles. The van der Waals surface area contributed by atoms with Crippen LogP contribution in [0.1, 0.15) is 12.8 Å². The standard InChI is InChI=1S/C6H10Br3NO/c1-10(2)5(11)3-4-6(7,8)9/h3-4H2,1-2H3. The van der Waals surface area contributed by atoms with Gasteiger partial charge in [0.2, 0.25) is 5.91 Å². The van der Waals surface area contributed by atoms with Crippen molar-refractivity contribution in [1.29, 1.82) is 0 Å². The predicted octanol–water partition coefficient (Wildman–Crippen LogP) is 2.69. The largest absolute Gasteiger partial charge is 0.349 e. The van der Waals surface area contributed by atoms with Crippen molar-refractivity contribution in [3.05, 3.63) is 0 Å². The van der Waals surface area contributed by atoms with Crippen LogP contribution >= 0.6 is 47.8 Å². The van der Waals surface area contributed by atoms with E-state index < -0.39 is 0 Å². The number of hydrogen-bond donors (Lipinski definition) is 0. The number of halogens is 3. The van der Waals surface area contributed by atoms with Crippen molar-refractivity contribution in [3.8, 4) is 0 Å². The summed E-state index contributed by atoms with van der Waals surface area (Å²) < 4.78 is -0.293. The quantitative estimate of drug-likeness (QED) is 0.700. The molecule has 0 fully saturated rings. The van der Waals surface area contributed by atoms with Crippen molar-refractivity contribution in [2.75, 3.05) is 14.1 Å². The van der Waals surface area contributed by atoms with E-state index in [2.05, 4.69) is 47.8 Å². The van der Waals surface area contributed by atoms with Gasteiger partial charge in [-0.3, -0.25) is 4.79 Å². The molecule has 0 aliphatic heterocycles. The summed E-state index contributed by atoms with van der Waals surface area (Å²) in [5.41, 5.74) is 0. The van der Waals surface area contributed by atoms with Gasteiger partial charge in [0.15, 0.2) is 0 Å². The first-order valence-corrected chi connectivity index (χ1v) is 5.48. The Hall–Kier alpha value is 0.910. The maximum absolute atomic E-state index is 11.1. The highest BCUT2D eigenvalue weighted by Gasteiger charge is 2.19. The van der Waals surface area contributed by atoms with E-state index in [-0.39, 0.29) is 8.05 Å². The predicted molar refractivity (Wildman–Crippen MR) is 57.4 cm³/mol. The fourth-order valence-electron chi connectivity index (χ4n) is 0.472. The lowest BCUT2D eigenvalue weighted by Crippen LogP contribution is -2.22. The summed E-state index contributed by atoms with van der Waals surface area (Å²) in [4.78, 5) is 12.6. The van der Waals surface area contributed by atoms with E-state index in [1.54, 1.807) is 19.0 Å². The number of amides is 1. The Morgan fingerprint density at radius 2 is 1.82 bits per heavy atom. The number of hydrogen-bond acceptors (Lipinski definition) is 1. The molecule has 2 nitrogen and oxygen atoms in total. The van der Waals surface area contributed by atoms with Crippen molar-refractivity contribution in [2.45, 2.75) is 15.0 Å². The average molecular weight is 352 g/mol. The van der Waals surface area contributed by atoms with Gasteiger partial charge in [0.25, 0.3) is 0 Å². The minimum absolute atomic E-state index is 0.132. The van der Waals surface area contributed by atoms with Gasteiger partial charge >= 0.3 is 0 Å². The first-order chi connectivity index (χ1) is 4.83. The lowest BCUT2D eigenvalue weighted by molar-refractivity contribution is -0.128. The zero-order chi connectivity index (χ0) is 9.07. The number of nitrogens with zero attached hydrogens (tertiary/aromatic N) is 1. The molecule has 0 bridgehead atoms. The smallest absolute Gasteiger partial charge is 0.222 e. The Morgan fingerprint density at radius 1 is 1.36 bits per heavy atom. The first-order valence-electron chi connectivity index (χ1n) is 3.10. The second-order valence-corrected chi connectivity index (χ2v) is 9.66. The van der Waals surface area contributed by atoms with Crippen LogP contribution < -0.4 is 0 Å². The molecule has 0 unspecified atom stereocenters. The van der Waals surface area contributed by atoms with Crippen LogP contribution in [0.2, 0.25) is 0 Å². The highest BCUT2D eigenvalue weighted by molar-refractivity contribution is 9.39. The molecule has 0 aliphatic carbocycles. The summed E-state index contributed by atoms with van der Waals surface area (Å²) in [6, 6.07) is 0. The van der Waals surface area contributed by atoms with Gasteiger partial charge in [-0.2, -0.15) is 0 Å². The lowest BCUT2D eigenvalue weighted by atomic mass is 10.3. The Labute approximate surface area is 92.1 Å². The van der Waals surface area contributed by atoms with Gasteiger partial charge in [-0.05, 0) is 6.42 Å². The molecule has 0 saturated heterocycles. The van der Waals surface area contributed by atoms with Gasteiger partial charge in [0.05, 0.1) is 0 Å². The Bertz CT molecular complexity index is 141. The Kier molecular flexibility index (Phi) is 5.22. The molecule has 0 heterocycles. The van der Waals surface area contributed by atoms with Crippen molar-refractivity contribution in [2.24, 2.45) is 0 Å². The Balaban J connectivity index is 3.64. The molecule has 0 rings (SSSR count). The molecule has 66 valence electrons. The number of rotatable bonds is 2. The van der Waals surface area contributed by atoms with Crippen molar-refractivity contribution in [3.63, 3.8) is 0 Å². The molecule has 0 aromatic heterocycles. The van der Waals surface area contributed by atoms with Crippen molar-refractivity contribution in [1.82, 2.24) is 4.90 Å². The highest BCUT2D eigenvalue weighted by Crippen LogP contribution is 2.37. The van der Waals surface area contributed by atoms with Gasteiger partial charge in [-0.15, -0.1) is 0 Å². The monoisotopic (exact) mass is 349 g/mol. The third kappa shape index (κ3) is 7.28. The SMILES string of the molecule is CN(C)C(=O)CCC(Br)(Br)Br. The lowest BCUT2D eigenvalue weighted by Gasteiger charge is -2.14. The number of alkyl halides is 3. The highest BCUT2D eigenvalue weighted by atomic mass is 80.0. The third-order valence-corrected chi connectivity index (χ3v) is 2.31. The maximum atomic E-state index is 11.1. The van der Waals surface area contributed by atoms with Crippen LogP contribution in [0, 0.1) is 0 Å². The first kappa shape index (κ1) is 11.9. The summed E-state index contributed by atoms with van der Waals surface area (Å²) >= 11 is 9.96. The molecule has 0 spiro atoms. The maximum Gasteiger partial charge on any atom is 0.222 e. The van der Waals surface area contributed by atoms with E-state index >= 15 is 0 Å². The van der Waals surface area contributed by atoms with E-state index in [0.29, 0.717) is 12.8 Å². The fraction of sp³-hybridized carbons (Fsp3) is 0.833. The molecule has 0 aromatic rings. The molecule has 0 N–H and O–H groups in total. The van der Waals surface area contributed by atoms with E-state index in [1.165, 1.54) is 0 Å². The molecule has 1 amide bonds. The normalized spacial score (nSPS) is 11.4. The topological polar surface area (TPSA) is 20.3 Å². The molecule has 0 atom stereocenters. The molecular weight excluding hydrogens is 342 g/mol. The van der Waals surface area contributed by atoms with Crippen molar-refractivity contribution >= 4 is 53.7 Å². The van der Waals surface area contributed by atoms with Crippen LogP contribution in [0.3, 0.4) is 0 Å². The van der Waals surface area contributed by atoms with Crippen LogP contribution in [0.25, 0.3) is 0 Å². The molecule has 0 aromatic carbocycles. The zero-order valence-electron chi connectivity index (χ0n) is 6.40. The second-order valence-electron chi connectivity index (χ2n) is 2.40. The fourth-order valence-corrected chi connectivity index (χ4v) is 1.07. The van der Waals surface area contributed by atoms with Crippen LogP contribution in [0.5, 0.6) is 0 Å². The molecule has 11 heavy (non-hydrogen) atoms. The summed E-state index contributed by atoms with van der Waals surface area (Å²) in [5, 5.41) is 0. The van der Waals surface area contributed by atoms with Gasteiger partial charge in [-0.1, -0.05) is 47.8 Å². The van der Waals surface area contributed by atoms with Gasteiger partial charge in [-0.25, -0.2) is 0 Å². The van der Waals surface area contributed by atoms with Crippen LogP contribution in [-0.4, -0.2) is 27.0 Å². The summed E-state index contributed by atoms with van der Waals surface area (Å²) in [6.07, 6.45) is 1.23. The molecule has 0 radical (unpaired) electrons. The van der Waals surface area contributed by atoms with Crippen LogP contribution in [-0.2, 0) is 4.79 Å². The minimum Gasteiger partial charge on any atom is -0.349 e. The minimum atomic E-state index is -0.293. The van der Waals surface area contributed by atoms with Gasteiger partial charge in [0.1, 0.15) is 2.14 Å². The van der Waals surface area contributed by atoms with Crippen molar-refractivity contribution < 1.29 is 4.79 Å². The number of carbonyl (C=O) groups is 1. The number of carbonyl (C=O) groups excluding carboxylic acids is 1. The molecule has 0 aliphatic rings. The second kappa shape index (κ2) is 4.82. The summed E-state index contributed by atoms with van der Waals surface area (Å²) in [6.45, 7) is 0. The average Bonchev–Trinajstić information content (AvgIpc) is 1.80. The summed E-state index contributed by atoms with van der Waals surface area (Å²) in [5.74, 6) is 0.132. The van der Waals surface area contributed by atoms with E-state index in [0.717, 1.165) is 0 Å².